The number of hydrogen-bond donors (Lipinski definition) is 1. The van der Waals surface area contributed by atoms with Crippen LogP contribution >= 0.6 is 0 Å². The summed E-state index contributed by atoms with van der Waals surface area (Å²) in [4.78, 5) is 2.48. The Kier molecular flexibility index (Phi) is 6.23. The van der Waals surface area contributed by atoms with Crippen LogP contribution in [0.25, 0.3) is 0 Å². The van der Waals surface area contributed by atoms with Gasteiger partial charge in [0.2, 0.25) is 0 Å². The SMILES string of the molecule is CCN(CCC(N)c1ccccc1)CC(C)C. The van der Waals surface area contributed by atoms with Gasteiger partial charge in [0.1, 0.15) is 0 Å². The van der Waals surface area contributed by atoms with Gasteiger partial charge in [0.05, 0.1) is 0 Å². The van der Waals surface area contributed by atoms with Crippen molar-refractivity contribution in [3.63, 3.8) is 0 Å². The fourth-order valence-electron chi connectivity index (χ4n) is 2.08. The standard InChI is InChI=1S/C15H26N2/c1-4-17(12-13(2)3)11-10-15(16)14-8-6-5-7-9-14/h5-9,13,15H,4,10-12,16H2,1-3H3. The van der Waals surface area contributed by atoms with Gasteiger partial charge in [0.15, 0.2) is 0 Å². The third-order valence-electron chi connectivity index (χ3n) is 3.05. The average molecular weight is 234 g/mol. The van der Waals surface area contributed by atoms with Crippen LogP contribution in [0.4, 0.5) is 0 Å². The Bertz CT molecular complexity index is 295. The first-order chi connectivity index (χ1) is 8.13. The number of nitrogens with two attached hydrogens (primary N) is 1. The van der Waals surface area contributed by atoms with Crippen LogP contribution in [0.3, 0.4) is 0 Å². The van der Waals surface area contributed by atoms with Gasteiger partial charge in [0, 0.05) is 12.6 Å². The summed E-state index contributed by atoms with van der Waals surface area (Å²) >= 11 is 0. The highest BCUT2D eigenvalue weighted by atomic mass is 15.1. The van der Waals surface area contributed by atoms with Crippen molar-refractivity contribution in [1.29, 1.82) is 0 Å². The predicted octanol–water partition coefficient (Wildman–Crippen LogP) is 3.05. The van der Waals surface area contributed by atoms with Crippen LogP contribution in [-0.2, 0) is 0 Å². The van der Waals surface area contributed by atoms with E-state index in [-0.39, 0.29) is 6.04 Å². The van der Waals surface area contributed by atoms with Crippen LogP contribution < -0.4 is 5.73 Å². The minimum absolute atomic E-state index is 0.164. The number of benzene rings is 1. The lowest BCUT2D eigenvalue weighted by Gasteiger charge is -2.24. The predicted molar refractivity (Wildman–Crippen MR) is 74.9 cm³/mol. The Hall–Kier alpha value is -0.860. The van der Waals surface area contributed by atoms with E-state index in [4.69, 9.17) is 5.73 Å². The minimum Gasteiger partial charge on any atom is -0.324 e. The fraction of sp³-hybridized carbons (Fsp3) is 0.600. The van der Waals surface area contributed by atoms with Gasteiger partial charge in [-0.3, -0.25) is 0 Å². The topological polar surface area (TPSA) is 29.3 Å². The zero-order valence-corrected chi connectivity index (χ0v) is 11.4. The first-order valence-corrected chi connectivity index (χ1v) is 6.66. The summed E-state index contributed by atoms with van der Waals surface area (Å²) in [5.74, 6) is 0.725. The highest BCUT2D eigenvalue weighted by molar-refractivity contribution is 5.18. The molecule has 2 heteroatoms. The smallest absolute Gasteiger partial charge is 0.0307 e. The molecule has 0 heterocycles. The molecule has 0 saturated carbocycles. The summed E-state index contributed by atoms with van der Waals surface area (Å²) in [7, 11) is 0. The molecule has 0 saturated heterocycles. The van der Waals surface area contributed by atoms with E-state index in [1.165, 1.54) is 5.56 Å². The quantitative estimate of drug-likeness (QED) is 0.785. The molecule has 1 aromatic rings. The zero-order chi connectivity index (χ0) is 12.7. The second-order valence-corrected chi connectivity index (χ2v) is 5.09. The summed E-state index contributed by atoms with van der Waals surface area (Å²) < 4.78 is 0. The highest BCUT2D eigenvalue weighted by Crippen LogP contribution is 2.14. The summed E-state index contributed by atoms with van der Waals surface area (Å²) in [6, 6.07) is 10.5. The van der Waals surface area contributed by atoms with E-state index in [1.54, 1.807) is 0 Å². The zero-order valence-electron chi connectivity index (χ0n) is 11.4. The Morgan fingerprint density at radius 1 is 1.18 bits per heavy atom. The van der Waals surface area contributed by atoms with Crippen molar-refractivity contribution >= 4 is 0 Å². The van der Waals surface area contributed by atoms with Crippen molar-refractivity contribution in [1.82, 2.24) is 4.90 Å². The monoisotopic (exact) mass is 234 g/mol. The second kappa shape index (κ2) is 7.46. The Morgan fingerprint density at radius 3 is 2.35 bits per heavy atom. The molecule has 0 bridgehead atoms. The van der Waals surface area contributed by atoms with Gasteiger partial charge in [-0.25, -0.2) is 0 Å². The largest absolute Gasteiger partial charge is 0.324 e. The summed E-state index contributed by atoms with van der Waals surface area (Å²) in [6.45, 7) is 10.1. The average Bonchev–Trinajstić information content (AvgIpc) is 2.34. The lowest BCUT2D eigenvalue weighted by Crippen LogP contribution is -2.30. The molecule has 1 unspecified atom stereocenters. The van der Waals surface area contributed by atoms with Crippen molar-refractivity contribution < 1.29 is 0 Å². The van der Waals surface area contributed by atoms with Crippen LogP contribution in [0.15, 0.2) is 30.3 Å². The van der Waals surface area contributed by atoms with Gasteiger partial charge >= 0.3 is 0 Å². The van der Waals surface area contributed by atoms with Crippen LogP contribution in [0, 0.1) is 5.92 Å². The van der Waals surface area contributed by atoms with E-state index in [9.17, 15) is 0 Å². The molecule has 0 aliphatic rings. The van der Waals surface area contributed by atoms with E-state index < -0.39 is 0 Å². The Labute approximate surface area is 106 Å². The molecule has 0 aliphatic heterocycles. The van der Waals surface area contributed by atoms with Gasteiger partial charge in [-0.1, -0.05) is 51.1 Å². The number of hydrogen-bond acceptors (Lipinski definition) is 2. The van der Waals surface area contributed by atoms with Gasteiger partial charge in [-0.05, 0) is 31.0 Å². The molecule has 1 aromatic carbocycles. The molecule has 0 aromatic heterocycles. The molecule has 17 heavy (non-hydrogen) atoms. The molecule has 96 valence electrons. The Morgan fingerprint density at radius 2 is 1.82 bits per heavy atom. The minimum atomic E-state index is 0.164. The maximum atomic E-state index is 6.20. The van der Waals surface area contributed by atoms with Crippen molar-refractivity contribution in [2.75, 3.05) is 19.6 Å². The van der Waals surface area contributed by atoms with E-state index in [1.807, 2.05) is 6.07 Å². The van der Waals surface area contributed by atoms with Crippen LogP contribution in [0.1, 0.15) is 38.8 Å². The van der Waals surface area contributed by atoms with Gasteiger partial charge in [0.25, 0.3) is 0 Å². The van der Waals surface area contributed by atoms with E-state index in [0.717, 1.165) is 32.0 Å². The molecule has 0 spiro atoms. The summed E-state index contributed by atoms with van der Waals surface area (Å²) in [6.07, 6.45) is 1.03. The lowest BCUT2D eigenvalue weighted by atomic mass is 10.0. The third kappa shape index (κ3) is 5.33. The van der Waals surface area contributed by atoms with Gasteiger partial charge in [-0.2, -0.15) is 0 Å². The van der Waals surface area contributed by atoms with E-state index >= 15 is 0 Å². The number of rotatable bonds is 7. The molecule has 2 nitrogen and oxygen atoms in total. The van der Waals surface area contributed by atoms with E-state index in [2.05, 4.69) is 49.9 Å². The van der Waals surface area contributed by atoms with Gasteiger partial charge < -0.3 is 10.6 Å². The van der Waals surface area contributed by atoms with Crippen molar-refractivity contribution in [2.45, 2.75) is 33.2 Å². The number of nitrogens with zero attached hydrogens (tertiary/aromatic N) is 1. The van der Waals surface area contributed by atoms with Crippen LogP contribution in [-0.4, -0.2) is 24.5 Å². The second-order valence-electron chi connectivity index (χ2n) is 5.09. The lowest BCUT2D eigenvalue weighted by molar-refractivity contribution is 0.247. The van der Waals surface area contributed by atoms with Crippen LogP contribution in [0.2, 0.25) is 0 Å². The van der Waals surface area contributed by atoms with Crippen molar-refractivity contribution in [3.8, 4) is 0 Å². The summed E-state index contributed by atoms with van der Waals surface area (Å²) in [5.41, 5.74) is 7.45. The molecule has 1 rings (SSSR count). The van der Waals surface area contributed by atoms with E-state index in [0.29, 0.717) is 0 Å². The van der Waals surface area contributed by atoms with Crippen molar-refractivity contribution in [3.05, 3.63) is 35.9 Å². The molecule has 1 atom stereocenters. The Balaban J connectivity index is 2.39. The molecule has 0 radical (unpaired) electrons. The molecule has 0 fully saturated rings. The fourth-order valence-corrected chi connectivity index (χ4v) is 2.08. The third-order valence-corrected chi connectivity index (χ3v) is 3.05. The maximum absolute atomic E-state index is 6.20. The first kappa shape index (κ1) is 14.2. The molecule has 0 amide bonds. The normalized spacial score (nSPS) is 13.3. The molecule has 2 N–H and O–H groups in total. The van der Waals surface area contributed by atoms with Crippen molar-refractivity contribution in [2.24, 2.45) is 11.7 Å². The highest BCUT2D eigenvalue weighted by Gasteiger charge is 2.09. The molecule has 0 aliphatic carbocycles. The molecular formula is C15H26N2. The summed E-state index contributed by atoms with van der Waals surface area (Å²) in [5, 5.41) is 0. The maximum Gasteiger partial charge on any atom is 0.0307 e. The van der Waals surface area contributed by atoms with Gasteiger partial charge in [-0.15, -0.1) is 0 Å². The van der Waals surface area contributed by atoms with Crippen LogP contribution in [0.5, 0.6) is 0 Å². The first-order valence-electron chi connectivity index (χ1n) is 6.66. The molecular weight excluding hydrogens is 208 g/mol.